The second-order valence-corrected chi connectivity index (χ2v) is 5.61. The van der Waals surface area contributed by atoms with Crippen molar-refractivity contribution < 1.29 is 4.74 Å². The third-order valence-corrected chi connectivity index (χ3v) is 3.11. The van der Waals surface area contributed by atoms with Crippen molar-refractivity contribution in [3.05, 3.63) is 11.9 Å². The normalized spacial score (nSPS) is 12.5. The van der Waals surface area contributed by atoms with Crippen molar-refractivity contribution in [2.24, 2.45) is 5.92 Å². The summed E-state index contributed by atoms with van der Waals surface area (Å²) in [6.45, 7) is 7.14. The third-order valence-electron chi connectivity index (χ3n) is 3.11. The lowest BCUT2D eigenvalue weighted by molar-refractivity contribution is 0.178. The van der Waals surface area contributed by atoms with E-state index in [0.717, 1.165) is 24.0 Å². The van der Waals surface area contributed by atoms with E-state index in [4.69, 9.17) is 4.74 Å². The van der Waals surface area contributed by atoms with Crippen LogP contribution < -0.4 is 10.6 Å². The fourth-order valence-corrected chi connectivity index (χ4v) is 2.05. The Kier molecular flexibility index (Phi) is 7.30. The summed E-state index contributed by atoms with van der Waals surface area (Å²) in [4.78, 5) is 8.81. The average Bonchev–Trinajstić information content (AvgIpc) is 2.38. The summed E-state index contributed by atoms with van der Waals surface area (Å²) in [5.74, 6) is 3.12. The number of nitrogens with zero attached hydrogens (tertiary/aromatic N) is 2. The lowest BCUT2D eigenvalue weighted by Crippen LogP contribution is -2.17. The van der Waals surface area contributed by atoms with Crippen molar-refractivity contribution in [3.63, 3.8) is 0 Å². The van der Waals surface area contributed by atoms with E-state index in [1.807, 2.05) is 13.1 Å². The first kappa shape index (κ1) is 16.7. The van der Waals surface area contributed by atoms with E-state index in [2.05, 4.69) is 41.4 Å². The SMILES string of the molecule is CNc1cc(NC(C)CCCC(C)C)nc(COC)n1. The standard InChI is InChI=1S/C15H28N4O/c1-11(2)7-6-8-12(3)17-14-9-13(16-4)18-15(19-14)10-20-5/h9,11-12H,6-8,10H2,1-5H3,(H2,16,17,18,19). The van der Waals surface area contributed by atoms with Gasteiger partial charge in [0, 0.05) is 26.3 Å². The predicted molar refractivity (Wildman–Crippen MR) is 84.1 cm³/mol. The molecule has 0 saturated carbocycles. The highest BCUT2D eigenvalue weighted by Gasteiger charge is 2.07. The van der Waals surface area contributed by atoms with Crippen LogP contribution in [0.1, 0.15) is 45.9 Å². The molecule has 0 fully saturated rings. The number of methoxy groups -OCH3 is 1. The molecule has 1 unspecified atom stereocenters. The van der Waals surface area contributed by atoms with Crippen molar-refractivity contribution in [1.29, 1.82) is 0 Å². The monoisotopic (exact) mass is 280 g/mol. The fraction of sp³-hybridized carbons (Fsp3) is 0.733. The minimum atomic E-state index is 0.406. The van der Waals surface area contributed by atoms with Crippen LogP contribution >= 0.6 is 0 Å². The molecule has 2 N–H and O–H groups in total. The van der Waals surface area contributed by atoms with Gasteiger partial charge in [0.2, 0.25) is 0 Å². The molecule has 0 aliphatic carbocycles. The summed E-state index contributed by atoms with van der Waals surface area (Å²) >= 11 is 0. The van der Waals surface area contributed by atoms with Gasteiger partial charge in [0.15, 0.2) is 5.82 Å². The summed E-state index contributed by atoms with van der Waals surface area (Å²) in [6.07, 6.45) is 3.66. The molecule has 0 aromatic carbocycles. The van der Waals surface area contributed by atoms with Crippen molar-refractivity contribution in [2.45, 2.75) is 52.7 Å². The van der Waals surface area contributed by atoms with Crippen molar-refractivity contribution >= 4 is 11.6 Å². The second-order valence-electron chi connectivity index (χ2n) is 5.61. The Morgan fingerprint density at radius 3 is 2.45 bits per heavy atom. The Labute approximate surface area is 122 Å². The molecule has 5 heteroatoms. The van der Waals surface area contributed by atoms with Crippen LogP contribution in [0.5, 0.6) is 0 Å². The van der Waals surface area contributed by atoms with E-state index >= 15 is 0 Å². The van der Waals surface area contributed by atoms with Gasteiger partial charge in [0.05, 0.1) is 0 Å². The van der Waals surface area contributed by atoms with Gasteiger partial charge in [-0.25, -0.2) is 9.97 Å². The zero-order valence-corrected chi connectivity index (χ0v) is 13.4. The van der Waals surface area contributed by atoms with Crippen LogP contribution in [0.3, 0.4) is 0 Å². The van der Waals surface area contributed by atoms with Crippen molar-refractivity contribution in [1.82, 2.24) is 9.97 Å². The molecular weight excluding hydrogens is 252 g/mol. The van der Waals surface area contributed by atoms with E-state index in [1.54, 1.807) is 7.11 Å². The van der Waals surface area contributed by atoms with Gasteiger partial charge in [-0.3, -0.25) is 0 Å². The predicted octanol–water partition coefficient (Wildman–Crippen LogP) is 3.29. The number of hydrogen-bond donors (Lipinski definition) is 2. The zero-order valence-electron chi connectivity index (χ0n) is 13.4. The van der Waals surface area contributed by atoms with Gasteiger partial charge >= 0.3 is 0 Å². The first-order valence-corrected chi connectivity index (χ1v) is 7.36. The van der Waals surface area contributed by atoms with Crippen LogP contribution in [0.15, 0.2) is 6.07 Å². The molecule has 0 spiro atoms. The molecule has 1 heterocycles. The maximum atomic E-state index is 5.10. The average molecular weight is 280 g/mol. The minimum absolute atomic E-state index is 0.406. The number of ether oxygens (including phenoxy) is 1. The van der Waals surface area contributed by atoms with Gasteiger partial charge in [-0.05, 0) is 19.3 Å². The fourth-order valence-electron chi connectivity index (χ4n) is 2.05. The summed E-state index contributed by atoms with van der Waals surface area (Å²) in [6, 6.07) is 2.33. The van der Waals surface area contributed by atoms with Crippen LogP contribution in [-0.2, 0) is 11.3 Å². The topological polar surface area (TPSA) is 59.1 Å². The Hall–Kier alpha value is -1.36. The number of hydrogen-bond acceptors (Lipinski definition) is 5. The Morgan fingerprint density at radius 1 is 1.15 bits per heavy atom. The summed E-state index contributed by atoms with van der Waals surface area (Å²) in [5.41, 5.74) is 0. The molecule has 0 amide bonds. The summed E-state index contributed by atoms with van der Waals surface area (Å²) in [5, 5.41) is 6.49. The number of aromatic nitrogens is 2. The molecule has 1 aromatic heterocycles. The molecule has 1 atom stereocenters. The first-order valence-electron chi connectivity index (χ1n) is 7.36. The highest BCUT2D eigenvalue weighted by atomic mass is 16.5. The molecule has 20 heavy (non-hydrogen) atoms. The molecule has 0 bridgehead atoms. The van der Waals surface area contributed by atoms with Crippen molar-refractivity contribution in [3.8, 4) is 0 Å². The lowest BCUT2D eigenvalue weighted by Gasteiger charge is -2.16. The third kappa shape index (κ3) is 6.19. The zero-order chi connectivity index (χ0) is 15.0. The molecule has 0 radical (unpaired) electrons. The number of anilines is 2. The van der Waals surface area contributed by atoms with E-state index in [9.17, 15) is 0 Å². The molecule has 114 valence electrons. The van der Waals surface area contributed by atoms with Crippen LogP contribution in [0.2, 0.25) is 0 Å². The molecule has 0 aliphatic rings. The molecule has 5 nitrogen and oxygen atoms in total. The summed E-state index contributed by atoms with van der Waals surface area (Å²) < 4.78 is 5.10. The smallest absolute Gasteiger partial charge is 0.158 e. The maximum absolute atomic E-state index is 5.10. The largest absolute Gasteiger partial charge is 0.377 e. The Morgan fingerprint density at radius 2 is 1.85 bits per heavy atom. The molecule has 1 rings (SSSR count). The van der Waals surface area contributed by atoms with E-state index in [0.29, 0.717) is 18.5 Å². The molecule has 0 saturated heterocycles. The van der Waals surface area contributed by atoms with Gasteiger partial charge in [0.1, 0.15) is 18.2 Å². The summed E-state index contributed by atoms with van der Waals surface area (Å²) in [7, 11) is 3.51. The van der Waals surface area contributed by atoms with E-state index in [-0.39, 0.29) is 0 Å². The van der Waals surface area contributed by atoms with Gasteiger partial charge < -0.3 is 15.4 Å². The Bertz CT molecular complexity index is 395. The van der Waals surface area contributed by atoms with Crippen LogP contribution in [0, 0.1) is 5.92 Å². The van der Waals surface area contributed by atoms with Gasteiger partial charge in [-0.1, -0.05) is 26.7 Å². The number of nitrogens with one attached hydrogen (secondary N) is 2. The Balaban J connectivity index is 2.58. The molecule has 0 aliphatic heterocycles. The molecular formula is C15H28N4O. The van der Waals surface area contributed by atoms with Crippen LogP contribution in [0.25, 0.3) is 0 Å². The molecule has 1 aromatic rings. The highest BCUT2D eigenvalue weighted by molar-refractivity contribution is 5.47. The van der Waals surface area contributed by atoms with E-state index in [1.165, 1.54) is 12.8 Å². The van der Waals surface area contributed by atoms with Crippen molar-refractivity contribution in [2.75, 3.05) is 24.8 Å². The lowest BCUT2D eigenvalue weighted by atomic mass is 10.0. The van der Waals surface area contributed by atoms with E-state index < -0.39 is 0 Å². The second kappa shape index (κ2) is 8.74. The van der Waals surface area contributed by atoms with Gasteiger partial charge in [0.25, 0.3) is 0 Å². The van der Waals surface area contributed by atoms with Gasteiger partial charge in [-0.15, -0.1) is 0 Å². The highest BCUT2D eigenvalue weighted by Crippen LogP contribution is 2.15. The maximum Gasteiger partial charge on any atom is 0.158 e. The van der Waals surface area contributed by atoms with Crippen LogP contribution in [0.4, 0.5) is 11.6 Å². The number of rotatable bonds is 9. The van der Waals surface area contributed by atoms with Gasteiger partial charge in [-0.2, -0.15) is 0 Å². The van der Waals surface area contributed by atoms with Crippen LogP contribution in [-0.4, -0.2) is 30.2 Å². The minimum Gasteiger partial charge on any atom is -0.377 e. The first-order chi connectivity index (χ1) is 9.55. The quantitative estimate of drug-likeness (QED) is 0.727.